The summed E-state index contributed by atoms with van der Waals surface area (Å²) in [6.07, 6.45) is 1.31. The number of hydrogen-bond donors (Lipinski definition) is 3. The summed E-state index contributed by atoms with van der Waals surface area (Å²) in [6.45, 7) is 14.8. The van der Waals surface area contributed by atoms with Crippen LogP contribution < -0.4 is 0 Å². The van der Waals surface area contributed by atoms with Crippen LogP contribution in [0.2, 0.25) is 0 Å². The molecule has 2 aliphatic heterocycles. The quantitative estimate of drug-likeness (QED) is 0.461. The van der Waals surface area contributed by atoms with Crippen LogP contribution in [0.15, 0.2) is 0 Å². The van der Waals surface area contributed by atoms with Gasteiger partial charge in [-0.2, -0.15) is 10.1 Å². The zero-order chi connectivity index (χ0) is 23.5. The zero-order valence-electron chi connectivity index (χ0n) is 19.9. The number of methoxy groups -OCH3 is 1. The number of carboxylic acid groups (broad SMARTS) is 1. The fraction of sp³-hybridized carbons (Fsp3) is 0.909. The Bertz CT molecular complexity index is 622. The molecule has 0 atom stereocenters. The number of nitrogens with zero attached hydrogens (tertiary/aromatic N) is 2. The largest absolute Gasteiger partial charge is 0.480 e. The maximum absolute atomic E-state index is 13.3. The van der Waals surface area contributed by atoms with Crippen LogP contribution in [0.3, 0.4) is 0 Å². The molecule has 0 bridgehead atoms. The van der Waals surface area contributed by atoms with E-state index < -0.39 is 51.3 Å². The van der Waals surface area contributed by atoms with Crippen LogP contribution in [0.1, 0.15) is 81.1 Å². The Morgan fingerprint density at radius 1 is 0.767 bits per heavy atom. The van der Waals surface area contributed by atoms with Gasteiger partial charge < -0.3 is 20.3 Å². The monoisotopic (exact) mass is 428 g/mol. The average Bonchev–Trinajstić information content (AvgIpc) is 2.56. The Kier molecular flexibility index (Phi) is 6.20. The van der Waals surface area contributed by atoms with Gasteiger partial charge in [0, 0.05) is 22.2 Å². The number of ether oxygens (including phenoxy) is 1. The van der Waals surface area contributed by atoms with Crippen LogP contribution in [-0.2, 0) is 14.3 Å². The lowest BCUT2D eigenvalue weighted by Crippen LogP contribution is -2.67. The smallest absolute Gasteiger partial charge is 0.323 e. The summed E-state index contributed by atoms with van der Waals surface area (Å²) in [5.74, 6) is -3.03. The van der Waals surface area contributed by atoms with Gasteiger partial charge in [-0.05, 0) is 92.9 Å². The van der Waals surface area contributed by atoms with Crippen LogP contribution >= 0.6 is 0 Å². The van der Waals surface area contributed by atoms with Gasteiger partial charge in [0.2, 0.25) is 0 Å². The van der Waals surface area contributed by atoms with E-state index in [1.807, 2.05) is 55.4 Å². The number of carboxylic acids is 1. The molecule has 2 heterocycles. The maximum Gasteiger partial charge on any atom is 0.323 e. The first-order valence-corrected chi connectivity index (χ1v) is 10.7. The summed E-state index contributed by atoms with van der Waals surface area (Å²) in [6, 6.07) is 0. The predicted molar refractivity (Wildman–Crippen MR) is 111 cm³/mol. The molecular formula is C22H40N2O6. The number of esters is 1. The van der Waals surface area contributed by atoms with Gasteiger partial charge in [0.1, 0.15) is 0 Å². The number of aliphatic carboxylic acids is 1. The number of hydrogen-bond acceptors (Lipinski definition) is 7. The summed E-state index contributed by atoms with van der Waals surface area (Å²) in [5.41, 5.74) is -4.65. The maximum atomic E-state index is 13.3. The molecule has 2 fully saturated rings. The predicted octanol–water partition coefficient (Wildman–Crippen LogP) is 3.55. The first-order valence-electron chi connectivity index (χ1n) is 10.7. The molecule has 2 saturated heterocycles. The van der Waals surface area contributed by atoms with Gasteiger partial charge in [-0.25, -0.2) is 0 Å². The second-order valence-corrected chi connectivity index (χ2v) is 11.7. The van der Waals surface area contributed by atoms with Crippen molar-refractivity contribution in [1.82, 2.24) is 10.1 Å². The SMILES string of the molecule is COC(=O)C(C(=O)O)(C1CC(C)(C)N(O)C(C)(C)C1)C1CC(C)(C)N(O)C(C)(C)C1. The highest BCUT2D eigenvalue weighted by molar-refractivity contribution is 6.00. The minimum Gasteiger partial charge on any atom is -0.480 e. The normalized spacial score (nSPS) is 27.6. The molecule has 0 radical (unpaired) electrons. The van der Waals surface area contributed by atoms with E-state index in [1.165, 1.54) is 17.2 Å². The molecule has 0 unspecified atom stereocenters. The van der Waals surface area contributed by atoms with Crippen molar-refractivity contribution < 1.29 is 29.8 Å². The molecule has 2 rings (SSSR count). The van der Waals surface area contributed by atoms with Gasteiger partial charge in [-0.15, -0.1) is 0 Å². The standard InChI is InChI=1S/C22H40N2O6/c1-18(2)10-14(11-19(3,4)23(18)28)22(16(25)26,17(27)30-9)15-12-20(5,6)24(29)21(7,8)13-15/h14-15,28-29H,10-13H2,1-9H3,(H,25,26). The minimum absolute atomic E-state index is 0.328. The Hall–Kier alpha value is -1.22. The Balaban J connectivity index is 2.69. The molecule has 0 aromatic heterocycles. The van der Waals surface area contributed by atoms with Crippen LogP contribution in [-0.4, -0.2) is 66.9 Å². The van der Waals surface area contributed by atoms with E-state index in [9.17, 15) is 25.1 Å². The lowest BCUT2D eigenvalue weighted by molar-refractivity contribution is -0.276. The average molecular weight is 429 g/mol. The summed E-state index contributed by atoms with van der Waals surface area (Å²) in [7, 11) is 1.23. The summed E-state index contributed by atoms with van der Waals surface area (Å²) < 4.78 is 5.14. The van der Waals surface area contributed by atoms with Crippen LogP contribution in [0, 0.1) is 17.3 Å². The fourth-order valence-electron chi connectivity index (χ4n) is 6.46. The molecule has 0 aromatic carbocycles. The first-order chi connectivity index (χ1) is 13.4. The van der Waals surface area contributed by atoms with Crippen LogP contribution in [0.25, 0.3) is 0 Å². The number of piperidine rings is 2. The fourth-order valence-corrected chi connectivity index (χ4v) is 6.46. The molecule has 8 nitrogen and oxygen atoms in total. The molecule has 0 aromatic rings. The highest BCUT2D eigenvalue weighted by Gasteiger charge is 2.65. The van der Waals surface area contributed by atoms with E-state index in [2.05, 4.69) is 0 Å². The molecule has 3 N–H and O–H groups in total. The van der Waals surface area contributed by atoms with Gasteiger partial charge in [0.15, 0.2) is 5.41 Å². The second-order valence-electron chi connectivity index (χ2n) is 11.7. The topological polar surface area (TPSA) is 111 Å². The van der Waals surface area contributed by atoms with Gasteiger partial charge in [-0.3, -0.25) is 9.59 Å². The van der Waals surface area contributed by atoms with Crippen molar-refractivity contribution in [2.24, 2.45) is 17.3 Å². The van der Waals surface area contributed by atoms with Crippen molar-refractivity contribution in [2.75, 3.05) is 7.11 Å². The molecule has 174 valence electrons. The van der Waals surface area contributed by atoms with E-state index in [0.717, 1.165) is 0 Å². The highest BCUT2D eigenvalue weighted by Crippen LogP contribution is 2.56. The molecule has 0 spiro atoms. The van der Waals surface area contributed by atoms with Gasteiger partial charge in [-0.1, -0.05) is 0 Å². The van der Waals surface area contributed by atoms with Crippen molar-refractivity contribution in [3.8, 4) is 0 Å². The summed E-state index contributed by atoms with van der Waals surface area (Å²) >= 11 is 0. The lowest BCUT2D eigenvalue weighted by atomic mass is 9.54. The van der Waals surface area contributed by atoms with Crippen LogP contribution in [0.4, 0.5) is 0 Å². The third-order valence-corrected chi connectivity index (χ3v) is 7.44. The number of hydroxylamine groups is 4. The number of carbonyl (C=O) groups excluding carboxylic acids is 1. The summed E-state index contributed by atoms with van der Waals surface area (Å²) in [4.78, 5) is 26.3. The third-order valence-electron chi connectivity index (χ3n) is 7.44. The van der Waals surface area contributed by atoms with E-state index >= 15 is 0 Å². The summed E-state index contributed by atoms with van der Waals surface area (Å²) in [5, 5.41) is 34.6. The Morgan fingerprint density at radius 2 is 1.03 bits per heavy atom. The molecule has 0 amide bonds. The Labute approximate surface area is 180 Å². The minimum atomic E-state index is -1.78. The Morgan fingerprint density at radius 3 is 1.23 bits per heavy atom. The zero-order valence-corrected chi connectivity index (χ0v) is 19.9. The second kappa shape index (κ2) is 7.43. The van der Waals surface area contributed by atoms with Gasteiger partial charge in [0.05, 0.1) is 7.11 Å². The highest BCUT2D eigenvalue weighted by atomic mass is 16.5. The first kappa shape index (κ1) is 25.0. The van der Waals surface area contributed by atoms with Crippen LogP contribution in [0.5, 0.6) is 0 Å². The molecular weight excluding hydrogens is 388 g/mol. The van der Waals surface area contributed by atoms with E-state index in [4.69, 9.17) is 4.74 Å². The molecule has 0 aliphatic carbocycles. The number of rotatable bonds is 4. The van der Waals surface area contributed by atoms with E-state index in [-0.39, 0.29) is 0 Å². The van der Waals surface area contributed by atoms with Crippen molar-refractivity contribution in [3.05, 3.63) is 0 Å². The van der Waals surface area contributed by atoms with E-state index in [1.54, 1.807) is 0 Å². The lowest BCUT2D eigenvalue weighted by Gasteiger charge is -2.58. The number of carbonyl (C=O) groups is 2. The molecule has 30 heavy (non-hydrogen) atoms. The van der Waals surface area contributed by atoms with Crippen molar-refractivity contribution >= 4 is 11.9 Å². The van der Waals surface area contributed by atoms with Crippen molar-refractivity contribution in [3.63, 3.8) is 0 Å². The van der Waals surface area contributed by atoms with Gasteiger partial charge >= 0.3 is 11.9 Å². The van der Waals surface area contributed by atoms with Gasteiger partial charge in [0.25, 0.3) is 0 Å². The van der Waals surface area contributed by atoms with Crippen molar-refractivity contribution in [1.29, 1.82) is 0 Å². The molecule has 0 saturated carbocycles. The van der Waals surface area contributed by atoms with E-state index in [0.29, 0.717) is 25.7 Å². The third kappa shape index (κ3) is 3.76. The van der Waals surface area contributed by atoms with Crippen molar-refractivity contribution in [2.45, 2.75) is 103 Å². The molecule has 8 heteroatoms. The molecule has 2 aliphatic rings.